The van der Waals surface area contributed by atoms with Crippen LogP contribution in [-0.4, -0.2) is 9.13 Å². The highest BCUT2D eigenvalue weighted by Gasteiger charge is 2.17. The highest BCUT2D eigenvalue weighted by atomic mass is 15.0. The van der Waals surface area contributed by atoms with Gasteiger partial charge in [-0.3, -0.25) is 0 Å². The molecule has 2 nitrogen and oxygen atoms in total. The lowest BCUT2D eigenvalue weighted by Gasteiger charge is -2.15. The van der Waals surface area contributed by atoms with E-state index in [9.17, 15) is 0 Å². The third kappa shape index (κ3) is 4.87. The quantitative estimate of drug-likeness (QED) is 0.175. The Hall–Kier alpha value is -6.64. The zero-order chi connectivity index (χ0) is 33.9. The van der Waals surface area contributed by atoms with E-state index in [1.807, 2.05) is 0 Å². The van der Waals surface area contributed by atoms with E-state index < -0.39 is 0 Å². The van der Waals surface area contributed by atoms with Crippen LogP contribution in [0.2, 0.25) is 0 Å². The maximum absolute atomic E-state index is 2.45. The first kappa shape index (κ1) is 29.3. The molecule has 0 radical (unpaired) electrons. The largest absolute Gasteiger partial charge is 0.309 e. The van der Waals surface area contributed by atoms with E-state index in [2.05, 4.69) is 204 Å². The second-order valence-electron chi connectivity index (χ2n) is 13.5. The Kier molecular flexibility index (Phi) is 6.75. The Labute approximate surface area is 297 Å². The smallest absolute Gasteiger partial charge is 0.0542 e. The minimum Gasteiger partial charge on any atom is -0.309 e. The van der Waals surface area contributed by atoms with Crippen LogP contribution in [0.15, 0.2) is 188 Å². The first-order valence-corrected chi connectivity index (χ1v) is 17.6. The van der Waals surface area contributed by atoms with Crippen molar-refractivity contribution in [1.29, 1.82) is 0 Å². The third-order valence-corrected chi connectivity index (χ3v) is 10.3. The fourth-order valence-corrected chi connectivity index (χ4v) is 7.99. The molecular weight excluding hydrogens is 617 g/mol. The number of fused-ring (bicyclic) bond motifs is 6. The average molecular weight is 651 g/mol. The fourth-order valence-electron chi connectivity index (χ4n) is 7.99. The van der Waals surface area contributed by atoms with Crippen LogP contribution in [0.5, 0.6) is 0 Å². The lowest BCUT2D eigenvalue weighted by molar-refractivity contribution is 1.17. The van der Waals surface area contributed by atoms with Crippen LogP contribution in [0.4, 0.5) is 0 Å². The van der Waals surface area contributed by atoms with Crippen LogP contribution in [0.1, 0.15) is 5.56 Å². The molecule has 2 aromatic heterocycles. The van der Waals surface area contributed by atoms with Crippen LogP contribution in [0.25, 0.3) is 88.4 Å². The van der Waals surface area contributed by atoms with E-state index in [1.54, 1.807) is 0 Å². The lowest BCUT2D eigenvalue weighted by Crippen LogP contribution is -1.97. The maximum Gasteiger partial charge on any atom is 0.0542 e. The van der Waals surface area contributed by atoms with Crippen molar-refractivity contribution < 1.29 is 0 Å². The van der Waals surface area contributed by atoms with Gasteiger partial charge >= 0.3 is 0 Å². The van der Waals surface area contributed by atoms with Crippen LogP contribution in [-0.2, 0) is 0 Å². The summed E-state index contributed by atoms with van der Waals surface area (Å²) in [5.74, 6) is 0. The molecule has 2 heterocycles. The number of para-hydroxylation sites is 3. The van der Waals surface area contributed by atoms with Crippen LogP contribution in [0.3, 0.4) is 0 Å². The molecule has 0 unspecified atom stereocenters. The van der Waals surface area contributed by atoms with Crippen molar-refractivity contribution in [3.63, 3.8) is 0 Å². The monoisotopic (exact) mass is 650 g/mol. The molecule has 0 bridgehead atoms. The summed E-state index contributed by atoms with van der Waals surface area (Å²) in [6.45, 7) is 2.15. The van der Waals surface area contributed by atoms with E-state index in [1.165, 1.54) is 82.6 Å². The fraction of sp³-hybridized carbons (Fsp3) is 0.0204. The molecule has 0 N–H and O–H groups in total. The summed E-state index contributed by atoms with van der Waals surface area (Å²) in [6.07, 6.45) is 0. The molecule has 10 rings (SSSR count). The number of nitrogens with zero attached hydrogens (tertiary/aromatic N) is 2. The van der Waals surface area contributed by atoms with Crippen molar-refractivity contribution in [3.05, 3.63) is 194 Å². The molecule has 0 saturated carbocycles. The molecule has 0 spiro atoms. The number of aryl methyl sites for hydroxylation is 1. The Balaban J connectivity index is 1.21. The molecule has 0 amide bonds. The molecular formula is C49H34N2. The average Bonchev–Trinajstić information content (AvgIpc) is 3.71. The highest BCUT2D eigenvalue weighted by Crippen LogP contribution is 2.39. The van der Waals surface area contributed by atoms with E-state index in [-0.39, 0.29) is 0 Å². The molecule has 240 valence electrons. The van der Waals surface area contributed by atoms with E-state index >= 15 is 0 Å². The van der Waals surface area contributed by atoms with Crippen molar-refractivity contribution in [2.24, 2.45) is 0 Å². The SMILES string of the molecule is Cc1cccc(-c2cccc(-c3cc(-c4ccccc4)cc(-n4c5ccccc5c5cc(-n6c7ccccc7c7ccccc76)ccc54)c3)c2)c1. The summed E-state index contributed by atoms with van der Waals surface area (Å²) in [6, 6.07) is 68.7. The lowest BCUT2D eigenvalue weighted by atomic mass is 9.95. The van der Waals surface area contributed by atoms with E-state index in [0.29, 0.717) is 0 Å². The second kappa shape index (κ2) is 11.8. The minimum absolute atomic E-state index is 1.14. The molecule has 8 aromatic carbocycles. The maximum atomic E-state index is 2.45. The number of hydrogen-bond donors (Lipinski definition) is 0. The Morgan fingerprint density at radius 2 is 0.725 bits per heavy atom. The van der Waals surface area contributed by atoms with Crippen molar-refractivity contribution >= 4 is 43.6 Å². The van der Waals surface area contributed by atoms with Gasteiger partial charge in [0.15, 0.2) is 0 Å². The zero-order valence-corrected chi connectivity index (χ0v) is 28.3. The number of benzene rings is 8. The first-order valence-electron chi connectivity index (χ1n) is 17.6. The highest BCUT2D eigenvalue weighted by molar-refractivity contribution is 6.12. The third-order valence-electron chi connectivity index (χ3n) is 10.3. The molecule has 0 aliphatic rings. The van der Waals surface area contributed by atoms with E-state index in [0.717, 1.165) is 11.4 Å². The molecule has 10 aromatic rings. The summed E-state index contributed by atoms with van der Waals surface area (Å²) < 4.78 is 4.85. The van der Waals surface area contributed by atoms with Gasteiger partial charge in [-0.05, 0) is 101 Å². The Bertz CT molecular complexity index is 2870. The van der Waals surface area contributed by atoms with Gasteiger partial charge in [-0.25, -0.2) is 0 Å². The van der Waals surface area contributed by atoms with Gasteiger partial charge in [0.05, 0.1) is 22.1 Å². The number of rotatable bonds is 5. The normalized spacial score (nSPS) is 11.6. The predicted octanol–water partition coefficient (Wildman–Crippen LogP) is 13.2. The summed E-state index contributed by atoms with van der Waals surface area (Å²) in [5.41, 5.74) is 15.6. The minimum atomic E-state index is 1.14. The van der Waals surface area contributed by atoms with Gasteiger partial charge in [0.1, 0.15) is 0 Å². The molecule has 0 fully saturated rings. The van der Waals surface area contributed by atoms with E-state index in [4.69, 9.17) is 0 Å². The van der Waals surface area contributed by atoms with Gasteiger partial charge in [0.2, 0.25) is 0 Å². The standard InChI is InChI=1S/C49H34N2/c1-33-13-11-16-35(27-33)36-17-12-18-37(28-36)39-29-38(34-14-3-2-4-15-34)30-41(31-39)51-48-24-10-7-21-44(48)45-32-40(25-26-49(45)51)50-46-22-8-5-19-42(46)43-20-6-9-23-47(43)50/h2-32H,1H3. The van der Waals surface area contributed by atoms with Crippen LogP contribution in [0, 0.1) is 6.92 Å². The van der Waals surface area contributed by atoms with Gasteiger partial charge in [-0.1, -0.05) is 133 Å². The topological polar surface area (TPSA) is 9.86 Å². The van der Waals surface area contributed by atoms with Crippen molar-refractivity contribution in [1.82, 2.24) is 9.13 Å². The molecule has 2 heteroatoms. The number of aromatic nitrogens is 2. The van der Waals surface area contributed by atoms with Crippen LogP contribution >= 0.6 is 0 Å². The summed E-state index contributed by atoms with van der Waals surface area (Å²) in [4.78, 5) is 0. The Morgan fingerprint density at radius 3 is 1.37 bits per heavy atom. The first-order chi connectivity index (χ1) is 25.2. The zero-order valence-electron chi connectivity index (χ0n) is 28.3. The molecule has 51 heavy (non-hydrogen) atoms. The van der Waals surface area contributed by atoms with Gasteiger partial charge in [0, 0.05) is 32.9 Å². The van der Waals surface area contributed by atoms with Crippen LogP contribution < -0.4 is 0 Å². The number of hydrogen-bond acceptors (Lipinski definition) is 0. The Morgan fingerprint density at radius 1 is 0.275 bits per heavy atom. The van der Waals surface area contributed by atoms with Crippen molar-refractivity contribution in [3.8, 4) is 44.8 Å². The molecule has 0 aliphatic heterocycles. The summed E-state index contributed by atoms with van der Waals surface area (Å²) in [5, 5.41) is 5.01. The van der Waals surface area contributed by atoms with Gasteiger partial charge in [0.25, 0.3) is 0 Å². The van der Waals surface area contributed by atoms with Crippen molar-refractivity contribution in [2.75, 3.05) is 0 Å². The molecule has 0 saturated heterocycles. The molecule has 0 atom stereocenters. The molecule has 0 aliphatic carbocycles. The van der Waals surface area contributed by atoms with Crippen molar-refractivity contribution in [2.45, 2.75) is 6.92 Å². The van der Waals surface area contributed by atoms with Gasteiger partial charge in [-0.2, -0.15) is 0 Å². The summed E-state index contributed by atoms with van der Waals surface area (Å²) in [7, 11) is 0. The predicted molar refractivity (Wildman–Crippen MR) is 216 cm³/mol. The second-order valence-corrected chi connectivity index (χ2v) is 13.5. The summed E-state index contributed by atoms with van der Waals surface area (Å²) >= 11 is 0. The van der Waals surface area contributed by atoms with Gasteiger partial charge in [-0.15, -0.1) is 0 Å². The van der Waals surface area contributed by atoms with Gasteiger partial charge < -0.3 is 9.13 Å².